The average Bonchev–Trinajstić information content (AvgIpc) is 2.77. The summed E-state index contributed by atoms with van der Waals surface area (Å²) in [6, 6.07) is 2.51. The van der Waals surface area contributed by atoms with Crippen LogP contribution in [0.2, 0.25) is 5.15 Å². The van der Waals surface area contributed by atoms with Crippen molar-refractivity contribution in [1.82, 2.24) is 19.7 Å². The molecule has 2 aromatic rings. The first kappa shape index (κ1) is 11.9. The average molecular weight is 270 g/mol. The van der Waals surface area contributed by atoms with Crippen LogP contribution >= 0.6 is 11.6 Å². The van der Waals surface area contributed by atoms with Gasteiger partial charge < -0.3 is 15.2 Å². The maximum Gasteiger partial charge on any atom is 0.491 e. The zero-order valence-corrected chi connectivity index (χ0v) is 9.27. The highest BCUT2D eigenvalue weighted by Gasteiger charge is 2.20. The fourth-order valence-electron chi connectivity index (χ4n) is 1.21. The molecule has 0 atom stereocenters. The Balaban J connectivity index is 2.57. The number of rotatable bonds is 3. The van der Waals surface area contributed by atoms with Crippen LogP contribution in [0.1, 0.15) is 10.4 Å². The molecule has 0 aliphatic heterocycles. The molecule has 2 aromatic heterocycles. The van der Waals surface area contributed by atoms with Crippen LogP contribution in [0.25, 0.3) is 5.82 Å². The maximum atomic E-state index is 11.0. The molecule has 92 valence electrons. The molecule has 0 radical (unpaired) electrons. The summed E-state index contributed by atoms with van der Waals surface area (Å²) >= 11 is 5.64. The van der Waals surface area contributed by atoms with E-state index in [1.54, 1.807) is 0 Å². The van der Waals surface area contributed by atoms with Crippen molar-refractivity contribution in [3.05, 3.63) is 39.3 Å². The van der Waals surface area contributed by atoms with Crippen LogP contribution in [-0.4, -0.2) is 35.7 Å². The molecule has 1 N–H and O–H groups in total. The highest BCUT2D eigenvalue weighted by Crippen LogP contribution is 2.16. The molecule has 2 rings (SSSR count). The van der Waals surface area contributed by atoms with Gasteiger partial charge in [0, 0.05) is 5.10 Å². The number of nitrogens with zero attached hydrogens (tertiary/aromatic N) is 5. The van der Waals surface area contributed by atoms with Crippen molar-refractivity contribution in [1.29, 1.82) is 0 Å². The van der Waals surface area contributed by atoms with E-state index in [9.17, 15) is 14.9 Å². The van der Waals surface area contributed by atoms with Gasteiger partial charge in [-0.1, -0.05) is 16.6 Å². The van der Waals surface area contributed by atoms with Gasteiger partial charge in [0.05, 0.1) is 0 Å². The minimum atomic E-state index is -1.26. The lowest BCUT2D eigenvalue weighted by molar-refractivity contribution is -0.394. The number of carboxylic acid groups (broad SMARTS) is 1. The fourth-order valence-corrected chi connectivity index (χ4v) is 1.35. The van der Waals surface area contributed by atoms with Crippen molar-refractivity contribution in [2.45, 2.75) is 0 Å². The summed E-state index contributed by atoms with van der Waals surface area (Å²) in [5.41, 5.74) is -0.195. The molecule has 2 heterocycles. The van der Waals surface area contributed by atoms with Gasteiger partial charge in [-0.05, 0) is 17.1 Å². The zero-order chi connectivity index (χ0) is 13.3. The first-order valence-electron chi connectivity index (χ1n) is 4.45. The van der Waals surface area contributed by atoms with Crippen LogP contribution in [0.3, 0.4) is 0 Å². The number of pyridine rings is 1. The second-order valence-electron chi connectivity index (χ2n) is 3.06. The summed E-state index contributed by atoms with van der Waals surface area (Å²) in [5, 5.41) is 22.9. The molecular formula is C8H4ClN5O4. The number of hydrogen-bond donors (Lipinski definition) is 1. The van der Waals surface area contributed by atoms with Crippen LogP contribution < -0.4 is 0 Å². The van der Waals surface area contributed by atoms with Crippen molar-refractivity contribution in [2.75, 3.05) is 0 Å². The number of nitro groups is 1. The van der Waals surface area contributed by atoms with Crippen LogP contribution in [0.5, 0.6) is 0 Å². The first-order valence-corrected chi connectivity index (χ1v) is 4.83. The maximum absolute atomic E-state index is 11.0. The Morgan fingerprint density at radius 2 is 2.22 bits per heavy atom. The monoisotopic (exact) mass is 269 g/mol. The minimum Gasteiger partial charge on any atom is -0.478 e. The minimum absolute atomic E-state index is 0.0353. The molecule has 0 aromatic carbocycles. The molecule has 0 unspecified atom stereocenters. The molecule has 10 heteroatoms. The van der Waals surface area contributed by atoms with E-state index in [1.807, 2.05) is 0 Å². The van der Waals surface area contributed by atoms with E-state index >= 15 is 0 Å². The normalized spacial score (nSPS) is 10.3. The molecule has 9 nitrogen and oxygen atoms in total. The van der Waals surface area contributed by atoms with Crippen LogP contribution in [0, 0.1) is 10.1 Å². The molecule has 0 amide bonds. The summed E-state index contributed by atoms with van der Waals surface area (Å²) in [6.45, 7) is 0. The molecule has 0 bridgehead atoms. The Morgan fingerprint density at radius 1 is 1.50 bits per heavy atom. The summed E-state index contributed by atoms with van der Waals surface area (Å²) in [6.07, 6.45) is 0.989. The smallest absolute Gasteiger partial charge is 0.478 e. The van der Waals surface area contributed by atoms with Crippen LogP contribution in [0.4, 0.5) is 5.95 Å². The van der Waals surface area contributed by atoms with E-state index in [1.165, 1.54) is 12.1 Å². The molecule has 0 aliphatic rings. The highest BCUT2D eigenvalue weighted by molar-refractivity contribution is 6.29. The lowest BCUT2D eigenvalue weighted by atomic mass is 10.2. The van der Waals surface area contributed by atoms with E-state index in [0.717, 1.165) is 11.0 Å². The molecule has 0 saturated heterocycles. The van der Waals surface area contributed by atoms with E-state index in [-0.39, 0.29) is 16.5 Å². The van der Waals surface area contributed by atoms with E-state index in [2.05, 4.69) is 15.1 Å². The Morgan fingerprint density at radius 3 is 2.78 bits per heavy atom. The van der Waals surface area contributed by atoms with Crippen molar-refractivity contribution in [3.8, 4) is 5.82 Å². The lowest BCUT2D eigenvalue weighted by Crippen LogP contribution is -2.08. The van der Waals surface area contributed by atoms with Crippen molar-refractivity contribution >= 4 is 23.5 Å². The van der Waals surface area contributed by atoms with Gasteiger partial charge in [-0.15, -0.1) is 4.68 Å². The topological polar surface area (TPSA) is 124 Å². The standard InChI is InChI=1S/C8H4ClN5O4/c9-5-2-1-4(7(15)16)6(11-5)13-3-10-8(12-13)14(17)18/h1-3H,(H,15,16). The Labute approximate surface area is 104 Å². The Hall–Kier alpha value is -2.55. The van der Waals surface area contributed by atoms with Gasteiger partial charge in [-0.25, -0.2) is 9.78 Å². The largest absolute Gasteiger partial charge is 0.491 e. The zero-order valence-electron chi connectivity index (χ0n) is 8.52. The van der Waals surface area contributed by atoms with Gasteiger partial charge in [-0.2, -0.15) is 0 Å². The van der Waals surface area contributed by atoms with E-state index in [4.69, 9.17) is 16.7 Å². The molecule has 18 heavy (non-hydrogen) atoms. The van der Waals surface area contributed by atoms with Gasteiger partial charge >= 0.3 is 11.9 Å². The third-order valence-corrected chi connectivity index (χ3v) is 2.14. The summed E-state index contributed by atoms with van der Waals surface area (Å²) in [7, 11) is 0. The third-order valence-electron chi connectivity index (χ3n) is 1.93. The van der Waals surface area contributed by atoms with E-state index < -0.39 is 16.8 Å². The van der Waals surface area contributed by atoms with E-state index in [0.29, 0.717) is 0 Å². The van der Waals surface area contributed by atoms with Gasteiger partial charge in [0.1, 0.15) is 10.7 Å². The fraction of sp³-hybridized carbons (Fsp3) is 0. The number of aromatic nitrogens is 4. The number of carboxylic acids is 1. The van der Waals surface area contributed by atoms with Gasteiger partial charge in [-0.3, -0.25) is 0 Å². The quantitative estimate of drug-likeness (QED) is 0.499. The summed E-state index contributed by atoms with van der Waals surface area (Å²) in [5.74, 6) is -2.06. The molecule has 0 saturated carbocycles. The number of carbonyl (C=O) groups is 1. The van der Waals surface area contributed by atoms with Gasteiger partial charge in [0.15, 0.2) is 5.82 Å². The number of hydrogen-bond acceptors (Lipinski definition) is 6. The predicted molar refractivity (Wildman–Crippen MR) is 57.8 cm³/mol. The van der Waals surface area contributed by atoms with Gasteiger partial charge in [0.25, 0.3) is 0 Å². The van der Waals surface area contributed by atoms with Gasteiger partial charge in [0.2, 0.25) is 6.33 Å². The van der Waals surface area contributed by atoms with Crippen LogP contribution in [-0.2, 0) is 0 Å². The lowest BCUT2D eigenvalue weighted by Gasteiger charge is -2.01. The highest BCUT2D eigenvalue weighted by atomic mass is 35.5. The summed E-state index contributed by atoms with van der Waals surface area (Å²) < 4.78 is 0.882. The molecule has 0 fully saturated rings. The SMILES string of the molecule is O=C(O)c1ccc(Cl)nc1-n1cnc([N+](=O)[O-])n1. The molecule has 0 spiro atoms. The van der Waals surface area contributed by atoms with Crippen molar-refractivity contribution < 1.29 is 14.8 Å². The molecular weight excluding hydrogens is 266 g/mol. The predicted octanol–water partition coefficient (Wildman–Crippen LogP) is 0.922. The Bertz CT molecular complexity index is 640. The third kappa shape index (κ3) is 2.11. The molecule has 0 aliphatic carbocycles. The van der Waals surface area contributed by atoms with Crippen molar-refractivity contribution in [3.63, 3.8) is 0 Å². The number of halogens is 1. The summed E-state index contributed by atoms with van der Waals surface area (Å²) in [4.78, 5) is 27.8. The first-order chi connectivity index (χ1) is 8.49. The second-order valence-corrected chi connectivity index (χ2v) is 3.44. The van der Waals surface area contributed by atoms with Crippen molar-refractivity contribution in [2.24, 2.45) is 0 Å². The van der Waals surface area contributed by atoms with Crippen LogP contribution in [0.15, 0.2) is 18.5 Å². The Kier molecular flexibility index (Phi) is 2.90. The second kappa shape index (κ2) is 4.37. The number of aromatic carboxylic acids is 1.